The first-order valence-electron chi connectivity index (χ1n) is 6.34. The minimum absolute atomic E-state index is 0.0646. The second-order valence-corrected chi connectivity index (χ2v) is 6.68. The van der Waals surface area contributed by atoms with Crippen LogP contribution in [0.5, 0.6) is 0 Å². The highest BCUT2D eigenvalue weighted by Gasteiger charge is 2.33. The molecule has 0 aliphatic carbocycles. The Balaban J connectivity index is 3.31. The Morgan fingerprint density at radius 2 is 1.80 bits per heavy atom. The van der Waals surface area contributed by atoms with E-state index in [1.54, 1.807) is 26.8 Å². The maximum absolute atomic E-state index is 12.5. The summed E-state index contributed by atoms with van der Waals surface area (Å²) in [7, 11) is -3.88. The zero-order valence-corrected chi connectivity index (χ0v) is 12.8. The van der Waals surface area contributed by atoms with Gasteiger partial charge in [-0.1, -0.05) is 6.92 Å². The predicted molar refractivity (Wildman–Crippen MR) is 77.8 cm³/mol. The van der Waals surface area contributed by atoms with Gasteiger partial charge in [-0.05, 0) is 43.5 Å². The number of hydrogen-bond donors (Lipinski definition) is 4. The van der Waals surface area contributed by atoms with E-state index in [2.05, 4.69) is 4.72 Å². The second kappa shape index (κ2) is 6.09. The Kier molecular flexibility index (Phi) is 5.15. The first kappa shape index (κ1) is 16.9. The number of aryl methyl sites for hydroxylation is 1. The summed E-state index contributed by atoms with van der Waals surface area (Å²) < 4.78 is 27.3. The fraction of sp³-hybridized carbons (Fsp3) is 0.538. The largest absolute Gasteiger partial charge is 0.398 e. The van der Waals surface area contributed by atoms with Gasteiger partial charge in [0.1, 0.15) is 0 Å². The average Bonchev–Trinajstić information content (AvgIpc) is 2.40. The number of sulfonamides is 1. The predicted octanol–water partition coefficient (Wildman–Crippen LogP) is 0.297. The van der Waals surface area contributed by atoms with Crippen molar-refractivity contribution in [1.29, 1.82) is 0 Å². The Bertz CT molecular complexity index is 572. The molecule has 0 unspecified atom stereocenters. The first-order chi connectivity index (χ1) is 9.21. The summed E-state index contributed by atoms with van der Waals surface area (Å²) in [6.07, 6.45) is 0.263. The highest BCUT2D eigenvalue weighted by atomic mass is 32.2. The molecule has 1 rings (SSSR count). The number of nitrogen functional groups attached to an aromatic ring is 1. The lowest BCUT2D eigenvalue weighted by Gasteiger charge is -2.29. The Morgan fingerprint density at radius 1 is 1.25 bits per heavy atom. The van der Waals surface area contributed by atoms with E-state index >= 15 is 0 Å². The molecule has 0 amide bonds. The highest BCUT2D eigenvalue weighted by Crippen LogP contribution is 2.24. The van der Waals surface area contributed by atoms with Crippen molar-refractivity contribution in [2.75, 3.05) is 18.9 Å². The molecule has 0 fully saturated rings. The van der Waals surface area contributed by atoms with Crippen LogP contribution in [0.2, 0.25) is 0 Å². The highest BCUT2D eigenvalue weighted by molar-refractivity contribution is 7.89. The molecule has 0 saturated heterocycles. The van der Waals surface area contributed by atoms with Gasteiger partial charge in [0.15, 0.2) is 0 Å². The molecule has 0 atom stereocenters. The van der Waals surface area contributed by atoms with Gasteiger partial charge in [0.25, 0.3) is 0 Å². The average molecular weight is 302 g/mol. The van der Waals surface area contributed by atoms with E-state index in [0.29, 0.717) is 11.3 Å². The third-order valence-corrected chi connectivity index (χ3v) is 5.17. The van der Waals surface area contributed by atoms with E-state index in [4.69, 9.17) is 5.73 Å². The molecule has 6 nitrogen and oxygen atoms in total. The monoisotopic (exact) mass is 302 g/mol. The number of hydrogen-bond acceptors (Lipinski definition) is 5. The second-order valence-electron chi connectivity index (χ2n) is 5.03. The Labute approximate surface area is 119 Å². The summed E-state index contributed by atoms with van der Waals surface area (Å²) in [5.41, 5.74) is 6.08. The summed E-state index contributed by atoms with van der Waals surface area (Å²) in [4.78, 5) is 0.0646. The van der Waals surface area contributed by atoms with Crippen molar-refractivity contribution in [3.8, 4) is 0 Å². The molecule has 5 N–H and O–H groups in total. The van der Waals surface area contributed by atoms with Crippen LogP contribution < -0.4 is 10.5 Å². The van der Waals surface area contributed by atoms with Crippen LogP contribution in [-0.2, 0) is 10.0 Å². The van der Waals surface area contributed by atoms with Crippen molar-refractivity contribution in [1.82, 2.24) is 4.72 Å². The molecular formula is C13H22N2O4S. The van der Waals surface area contributed by atoms with E-state index in [9.17, 15) is 18.6 Å². The van der Waals surface area contributed by atoms with Crippen molar-refractivity contribution >= 4 is 15.7 Å². The third-order valence-electron chi connectivity index (χ3n) is 3.47. The molecule has 20 heavy (non-hydrogen) atoms. The van der Waals surface area contributed by atoms with Crippen LogP contribution in [0.1, 0.15) is 24.5 Å². The number of aliphatic hydroxyl groups excluding tert-OH is 2. The molecule has 0 bridgehead atoms. The number of aliphatic hydroxyl groups is 2. The van der Waals surface area contributed by atoms with Gasteiger partial charge in [-0.3, -0.25) is 0 Å². The number of nitrogens with two attached hydrogens (primary N) is 1. The lowest BCUT2D eigenvalue weighted by molar-refractivity contribution is 0.105. The Morgan fingerprint density at radius 3 is 2.25 bits per heavy atom. The van der Waals surface area contributed by atoms with Crippen LogP contribution in [0.25, 0.3) is 0 Å². The lowest BCUT2D eigenvalue weighted by atomic mass is 10.0. The number of anilines is 1. The quantitative estimate of drug-likeness (QED) is 0.564. The minimum atomic E-state index is -3.88. The van der Waals surface area contributed by atoms with Crippen LogP contribution >= 0.6 is 0 Å². The standard InChI is InChI=1S/C13H22N2O4S/c1-4-13(7-16,8-17)15-20(18,19)12-6-9(2)5-11(14)10(12)3/h5-6,15-17H,4,7-8,14H2,1-3H3. The third kappa shape index (κ3) is 3.29. The van der Waals surface area contributed by atoms with E-state index in [0.717, 1.165) is 5.56 Å². The van der Waals surface area contributed by atoms with Gasteiger partial charge in [-0.15, -0.1) is 0 Å². The molecule has 114 valence electrons. The van der Waals surface area contributed by atoms with Crippen molar-refractivity contribution in [3.63, 3.8) is 0 Å². The summed E-state index contributed by atoms with van der Waals surface area (Å²) in [5, 5.41) is 18.7. The zero-order chi connectivity index (χ0) is 15.6. The molecule has 1 aromatic rings. The van der Waals surface area contributed by atoms with E-state index in [-0.39, 0.29) is 11.3 Å². The molecule has 0 aliphatic rings. The van der Waals surface area contributed by atoms with Crippen LogP contribution in [0.15, 0.2) is 17.0 Å². The molecule has 7 heteroatoms. The van der Waals surface area contributed by atoms with Crippen LogP contribution in [0.3, 0.4) is 0 Å². The van der Waals surface area contributed by atoms with Gasteiger partial charge in [0.2, 0.25) is 10.0 Å². The molecular weight excluding hydrogens is 280 g/mol. The molecule has 0 aromatic heterocycles. The summed E-state index contributed by atoms with van der Waals surface area (Å²) >= 11 is 0. The number of benzene rings is 1. The summed E-state index contributed by atoms with van der Waals surface area (Å²) in [6.45, 7) is 4.08. The SMILES string of the molecule is CCC(CO)(CO)NS(=O)(=O)c1cc(C)cc(N)c1C. The Hall–Kier alpha value is -1.15. The molecule has 0 saturated carbocycles. The summed E-state index contributed by atoms with van der Waals surface area (Å²) in [5.74, 6) is 0. The van der Waals surface area contributed by atoms with Crippen LogP contribution in [-0.4, -0.2) is 37.4 Å². The fourth-order valence-corrected chi connectivity index (χ4v) is 3.70. The molecule has 0 spiro atoms. The van der Waals surface area contributed by atoms with Gasteiger partial charge in [0, 0.05) is 5.69 Å². The van der Waals surface area contributed by atoms with E-state index < -0.39 is 28.8 Å². The molecule has 0 radical (unpaired) electrons. The van der Waals surface area contributed by atoms with Crippen LogP contribution in [0.4, 0.5) is 5.69 Å². The number of nitrogens with one attached hydrogen (secondary N) is 1. The molecule has 0 aliphatic heterocycles. The minimum Gasteiger partial charge on any atom is -0.398 e. The number of rotatable bonds is 6. The zero-order valence-electron chi connectivity index (χ0n) is 12.0. The fourth-order valence-electron chi connectivity index (χ4n) is 1.88. The van der Waals surface area contributed by atoms with Gasteiger partial charge >= 0.3 is 0 Å². The van der Waals surface area contributed by atoms with Crippen molar-refractivity contribution in [3.05, 3.63) is 23.3 Å². The van der Waals surface area contributed by atoms with E-state index in [1.165, 1.54) is 6.07 Å². The van der Waals surface area contributed by atoms with Crippen molar-refractivity contribution in [2.24, 2.45) is 0 Å². The molecule has 1 aromatic carbocycles. The summed E-state index contributed by atoms with van der Waals surface area (Å²) in [6, 6.07) is 3.21. The van der Waals surface area contributed by atoms with Gasteiger partial charge in [-0.25, -0.2) is 13.1 Å². The smallest absolute Gasteiger partial charge is 0.241 e. The maximum Gasteiger partial charge on any atom is 0.241 e. The topological polar surface area (TPSA) is 113 Å². The first-order valence-corrected chi connectivity index (χ1v) is 7.82. The van der Waals surface area contributed by atoms with Gasteiger partial charge in [-0.2, -0.15) is 0 Å². The maximum atomic E-state index is 12.5. The van der Waals surface area contributed by atoms with E-state index in [1.807, 2.05) is 0 Å². The normalized spacial score (nSPS) is 12.7. The lowest BCUT2D eigenvalue weighted by Crippen LogP contribution is -2.53. The molecule has 0 heterocycles. The van der Waals surface area contributed by atoms with Crippen molar-refractivity contribution in [2.45, 2.75) is 37.6 Å². The van der Waals surface area contributed by atoms with Crippen molar-refractivity contribution < 1.29 is 18.6 Å². The van der Waals surface area contributed by atoms with Crippen LogP contribution in [0, 0.1) is 13.8 Å². The van der Waals surface area contributed by atoms with Gasteiger partial charge in [0.05, 0.1) is 23.6 Å². The van der Waals surface area contributed by atoms with Gasteiger partial charge < -0.3 is 15.9 Å².